The first kappa shape index (κ1) is 24.4. The Balaban J connectivity index is 1.57. The fraction of sp³-hybridized carbons (Fsp3) is 0.312. The number of rotatable bonds is 8. The maximum absolute atomic E-state index is 14.2. The summed E-state index contributed by atoms with van der Waals surface area (Å²) < 4.78 is 14.2. The Hall–Kier alpha value is -3.29. The molecule has 0 aliphatic carbocycles. The number of unbranched alkanes of at least 4 members (excludes halogenated alkanes) is 4. The van der Waals surface area contributed by atoms with Gasteiger partial charge in [0.25, 0.3) is 0 Å². The Labute approximate surface area is 199 Å². The molecule has 0 amide bonds. The number of hydrogen-bond donors (Lipinski definition) is 0. The minimum atomic E-state index is -0.162. The predicted molar refractivity (Wildman–Crippen MR) is 138 cm³/mol. The van der Waals surface area contributed by atoms with E-state index in [1.807, 2.05) is 36.4 Å². The van der Waals surface area contributed by atoms with Gasteiger partial charge in [-0.05, 0) is 85.3 Å². The third-order valence-corrected chi connectivity index (χ3v) is 5.71. The molecule has 0 fully saturated rings. The molecule has 0 bridgehead atoms. The third kappa shape index (κ3) is 8.29. The van der Waals surface area contributed by atoms with E-state index >= 15 is 0 Å². The molecule has 0 saturated carbocycles. The summed E-state index contributed by atoms with van der Waals surface area (Å²) in [4.78, 5) is 0. The molecule has 1 heteroatoms. The minimum absolute atomic E-state index is 0.162. The summed E-state index contributed by atoms with van der Waals surface area (Å²) in [7, 11) is 0. The smallest absolute Gasteiger partial charge is 0.127 e. The third-order valence-electron chi connectivity index (χ3n) is 5.71. The van der Waals surface area contributed by atoms with Crippen molar-refractivity contribution in [1.82, 2.24) is 0 Å². The number of aryl methyl sites for hydroxylation is 2. The van der Waals surface area contributed by atoms with E-state index < -0.39 is 0 Å². The topological polar surface area (TPSA) is 0 Å². The van der Waals surface area contributed by atoms with Crippen LogP contribution in [0, 0.1) is 29.5 Å². The first-order valence-corrected chi connectivity index (χ1v) is 12.2. The first-order valence-electron chi connectivity index (χ1n) is 12.2. The van der Waals surface area contributed by atoms with Gasteiger partial charge in [0.15, 0.2) is 0 Å². The van der Waals surface area contributed by atoms with Crippen LogP contribution in [-0.2, 0) is 12.8 Å². The van der Waals surface area contributed by atoms with Crippen LogP contribution in [0.4, 0.5) is 4.39 Å². The molecular formula is C32H33F. The molecule has 0 N–H and O–H groups in total. The summed E-state index contributed by atoms with van der Waals surface area (Å²) in [5.74, 6) is 12.5. The number of hydrogen-bond acceptors (Lipinski definition) is 0. The van der Waals surface area contributed by atoms with Crippen molar-refractivity contribution in [2.75, 3.05) is 0 Å². The monoisotopic (exact) mass is 436 g/mol. The van der Waals surface area contributed by atoms with E-state index in [-0.39, 0.29) is 5.82 Å². The highest BCUT2D eigenvalue weighted by Crippen LogP contribution is 2.13. The van der Waals surface area contributed by atoms with Crippen molar-refractivity contribution in [3.05, 3.63) is 106 Å². The summed E-state index contributed by atoms with van der Waals surface area (Å²) in [6.07, 6.45) is 9.14. The van der Waals surface area contributed by atoms with Gasteiger partial charge in [0, 0.05) is 22.3 Å². The molecule has 0 aromatic heterocycles. The van der Waals surface area contributed by atoms with Crippen molar-refractivity contribution in [2.24, 2.45) is 0 Å². The second-order valence-corrected chi connectivity index (χ2v) is 8.49. The fourth-order valence-corrected chi connectivity index (χ4v) is 3.63. The van der Waals surface area contributed by atoms with E-state index in [1.165, 1.54) is 37.3 Å². The van der Waals surface area contributed by atoms with Crippen LogP contribution in [0.25, 0.3) is 0 Å². The molecule has 0 aliphatic rings. The molecule has 3 aromatic rings. The molecule has 168 valence electrons. The van der Waals surface area contributed by atoms with Crippen LogP contribution >= 0.6 is 0 Å². The van der Waals surface area contributed by atoms with Gasteiger partial charge in [-0.3, -0.25) is 0 Å². The van der Waals surface area contributed by atoms with Crippen molar-refractivity contribution in [2.45, 2.75) is 65.2 Å². The van der Waals surface area contributed by atoms with Crippen LogP contribution in [-0.4, -0.2) is 0 Å². The van der Waals surface area contributed by atoms with Crippen molar-refractivity contribution in [3.63, 3.8) is 0 Å². The average Bonchev–Trinajstić information content (AvgIpc) is 2.85. The Bertz CT molecular complexity index is 1130. The van der Waals surface area contributed by atoms with Crippen molar-refractivity contribution < 1.29 is 4.39 Å². The van der Waals surface area contributed by atoms with Gasteiger partial charge in [-0.25, -0.2) is 4.39 Å². The van der Waals surface area contributed by atoms with Crippen LogP contribution in [0.3, 0.4) is 0 Å². The summed E-state index contributed by atoms with van der Waals surface area (Å²) >= 11 is 0. The quantitative estimate of drug-likeness (QED) is 0.247. The van der Waals surface area contributed by atoms with E-state index in [0.717, 1.165) is 47.9 Å². The van der Waals surface area contributed by atoms with E-state index in [1.54, 1.807) is 0 Å². The Morgan fingerprint density at radius 1 is 0.545 bits per heavy atom. The zero-order valence-corrected chi connectivity index (χ0v) is 19.9. The van der Waals surface area contributed by atoms with Crippen LogP contribution < -0.4 is 0 Å². The lowest BCUT2D eigenvalue weighted by atomic mass is 10.0. The summed E-state index contributed by atoms with van der Waals surface area (Å²) in [6, 6.07) is 21.8. The molecule has 0 nitrogen and oxygen atoms in total. The Kier molecular flexibility index (Phi) is 9.82. The summed E-state index contributed by atoms with van der Waals surface area (Å²) in [5.41, 5.74) is 5.73. The van der Waals surface area contributed by atoms with Gasteiger partial charge in [-0.15, -0.1) is 0 Å². The molecular weight excluding hydrogens is 403 g/mol. The molecule has 0 aliphatic heterocycles. The van der Waals surface area contributed by atoms with Crippen molar-refractivity contribution in [1.29, 1.82) is 0 Å². The van der Waals surface area contributed by atoms with Crippen LogP contribution in [0.1, 0.15) is 85.8 Å². The zero-order valence-electron chi connectivity index (χ0n) is 19.9. The van der Waals surface area contributed by atoms with Crippen molar-refractivity contribution in [3.8, 4) is 23.7 Å². The Morgan fingerprint density at radius 2 is 1.06 bits per heavy atom. The number of halogens is 1. The lowest BCUT2D eigenvalue weighted by Gasteiger charge is -2.02. The minimum Gasteiger partial charge on any atom is -0.207 e. The number of benzene rings is 3. The fourth-order valence-electron chi connectivity index (χ4n) is 3.63. The van der Waals surface area contributed by atoms with Crippen molar-refractivity contribution >= 4 is 0 Å². The van der Waals surface area contributed by atoms with Crippen LogP contribution in [0.2, 0.25) is 0 Å². The van der Waals surface area contributed by atoms with Gasteiger partial charge in [0.2, 0.25) is 0 Å². The SMILES string of the molecule is CCCCCCc1ccc(C#Cc2ccc(C#Cc3ccc(CCCC)c(F)c3)cc2)cc1. The lowest BCUT2D eigenvalue weighted by Crippen LogP contribution is -1.91. The highest BCUT2D eigenvalue weighted by atomic mass is 19.1. The lowest BCUT2D eigenvalue weighted by molar-refractivity contribution is 0.603. The largest absolute Gasteiger partial charge is 0.207 e. The van der Waals surface area contributed by atoms with E-state index in [9.17, 15) is 4.39 Å². The molecule has 0 heterocycles. The second-order valence-electron chi connectivity index (χ2n) is 8.49. The standard InChI is InChI=1S/C32H33F/c1-3-5-7-8-9-26-11-13-27(14-12-26)15-16-28-17-19-29(20-18-28)21-22-30-23-24-31(10-6-4-2)32(33)25-30/h11-14,17-20,23-25H,3-10H2,1-2H3. The van der Waals surface area contributed by atoms with Crippen LogP contribution in [0.5, 0.6) is 0 Å². The van der Waals surface area contributed by atoms with Gasteiger partial charge in [0.05, 0.1) is 0 Å². The molecule has 0 radical (unpaired) electrons. The molecule has 3 aromatic carbocycles. The average molecular weight is 437 g/mol. The molecule has 0 spiro atoms. The highest BCUT2D eigenvalue weighted by Gasteiger charge is 2.02. The second kappa shape index (κ2) is 13.3. The predicted octanol–water partition coefficient (Wildman–Crippen LogP) is 8.09. The molecule has 0 unspecified atom stereocenters. The molecule has 0 atom stereocenters. The Morgan fingerprint density at radius 3 is 1.61 bits per heavy atom. The molecule has 3 rings (SSSR count). The van der Waals surface area contributed by atoms with E-state index in [4.69, 9.17) is 0 Å². The van der Waals surface area contributed by atoms with Gasteiger partial charge in [0.1, 0.15) is 5.82 Å². The van der Waals surface area contributed by atoms with Gasteiger partial charge < -0.3 is 0 Å². The summed E-state index contributed by atoms with van der Waals surface area (Å²) in [5, 5.41) is 0. The molecule has 0 saturated heterocycles. The first-order chi connectivity index (χ1) is 16.2. The van der Waals surface area contributed by atoms with Gasteiger partial charge >= 0.3 is 0 Å². The highest BCUT2D eigenvalue weighted by molar-refractivity contribution is 5.48. The van der Waals surface area contributed by atoms with Gasteiger partial charge in [-0.2, -0.15) is 0 Å². The van der Waals surface area contributed by atoms with Crippen LogP contribution in [0.15, 0.2) is 66.7 Å². The maximum atomic E-state index is 14.2. The van der Waals surface area contributed by atoms with Gasteiger partial charge in [-0.1, -0.05) is 81.4 Å². The molecule has 33 heavy (non-hydrogen) atoms. The summed E-state index contributed by atoms with van der Waals surface area (Å²) in [6.45, 7) is 4.35. The normalized spacial score (nSPS) is 10.2. The van der Waals surface area contributed by atoms with E-state index in [0.29, 0.717) is 5.56 Å². The maximum Gasteiger partial charge on any atom is 0.127 e. The van der Waals surface area contributed by atoms with E-state index in [2.05, 4.69) is 61.8 Å². The zero-order chi connectivity index (χ0) is 23.3.